The summed E-state index contributed by atoms with van der Waals surface area (Å²) in [5, 5.41) is 2.96. The molecule has 0 aliphatic heterocycles. The minimum atomic E-state index is -0.201. The van der Waals surface area contributed by atoms with E-state index in [2.05, 4.69) is 19.2 Å². The van der Waals surface area contributed by atoms with Crippen molar-refractivity contribution in [2.75, 3.05) is 19.5 Å². The molecule has 0 aliphatic rings. The second-order valence-electron chi connectivity index (χ2n) is 5.26. The van der Waals surface area contributed by atoms with Crippen LogP contribution in [0.3, 0.4) is 0 Å². The Morgan fingerprint density at radius 3 is 2.41 bits per heavy atom. The topological polar surface area (TPSA) is 47.6 Å². The molecule has 0 fully saturated rings. The molecule has 0 unspecified atom stereocenters. The van der Waals surface area contributed by atoms with E-state index in [4.69, 9.17) is 9.47 Å². The maximum Gasteiger partial charge on any atom is 0.259 e. The zero-order valence-corrected chi connectivity index (χ0v) is 13.3. The van der Waals surface area contributed by atoms with E-state index in [9.17, 15) is 4.79 Å². The zero-order valence-electron chi connectivity index (χ0n) is 13.3. The number of para-hydroxylation sites is 1. The third kappa shape index (κ3) is 3.39. The van der Waals surface area contributed by atoms with Crippen molar-refractivity contribution in [1.82, 2.24) is 0 Å². The summed E-state index contributed by atoms with van der Waals surface area (Å²) in [7, 11) is 3.11. The minimum absolute atomic E-state index is 0.201. The Balaban J connectivity index is 2.30. The molecule has 2 aromatic rings. The van der Waals surface area contributed by atoms with Gasteiger partial charge in [-0.25, -0.2) is 0 Å². The third-order valence-corrected chi connectivity index (χ3v) is 3.48. The molecular formula is C18H21NO3. The van der Waals surface area contributed by atoms with E-state index in [1.54, 1.807) is 25.3 Å². The molecule has 0 saturated carbocycles. The van der Waals surface area contributed by atoms with Crippen molar-refractivity contribution in [3.05, 3.63) is 53.6 Å². The Morgan fingerprint density at radius 2 is 1.77 bits per heavy atom. The number of hydrogen-bond acceptors (Lipinski definition) is 3. The Hall–Kier alpha value is -2.49. The number of hydrogen-bond donors (Lipinski definition) is 1. The van der Waals surface area contributed by atoms with Crippen LogP contribution in [0, 0.1) is 0 Å². The van der Waals surface area contributed by atoms with Crippen LogP contribution in [-0.2, 0) is 0 Å². The van der Waals surface area contributed by atoms with Crippen molar-refractivity contribution in [1.29, 1.82) is 0 Å². The highest BCUT2D eigenvalue weighted by molar-refractivity contribution is 6.06. The second kappa shape index (κ2) is 6.98. The van der Waals surface area contributed by atoms with E-state index in [0.717, 1.165) is 11.3 Å². The Labute approximate surface area is 131 Å². The zero-order chi connectivity index (χ0) is 16.1. The van der Waals surface area contributed by atoms with Crippen molar-refractivity contribution in [2.45, 2.75) is 19.8 Å². The number of methoxy groups -OCH3 is 2. The fraction of sp³-hybridized carbons (Fsp3) is 0.278. The fourth-order valence-corrected chi connectivity index (χ4v) is 2.29. The molecular weight excluding hydrogens is 278 g/mol. The van der Waals surface area contributed by atoms with Gasteiger partial charge in [-0.2, -0.15) is 0 Å². The predicted molar refractivity (Wildman–Crippen MR) is 88.0 cm³/mol. The van der Waals surface area contributed by atoms with E-state index >= 15 is 0 Å². The molecule has 116 valence electrons. The first-order valence-corrected chi connectivity index (χ1v) is 7.19. The monoisotopic (exact) mass is 299 g/mol. The number of carbonyl (C=O) groups excluding carboxylic acids is 1. The molecule has 0 aromatic heterocycles. The largest absolute Gasteiger partial charge is 0.497 e. The highest BCUT2D eigenvalue weighted by Gasteiger charge is 2.15. The lowest BCUT2D eigenvalue weighted by atomic mass is 10.0. The molecule has 2 rings (SSSR count). The van der Waals surface area contributed by atoms with E-state index in [-0.39, 0.29) is 5.91 Å². The number of carbonyl (C=O) groups is 1. The molecule has 0 aliphatic carbocycles. The van der Waals surface area contributed by atoms with Gasteiger partial charge in [-0.05, 0) is 29.7 Å². The van der Waals surface area contributed by atoms with Crippen molar-refractivity contribution >= 4 is 11.6 Å². The van der Waals surface area contributed by atoms with Gasteiger partial charge < -0.3 is 14.8 Å². The number of nitrogens with one attached hydrogen (secondary N) is 1. The van der Waals surface area contributed by atoms with Crippen molar-refractivity contribution in [3.8, 4) is 11.5 Å². The molecule has 4 nitrogen and oxygen atoms in total. The van der Waals surface area contributed by atoms with Gasteiger partial charge >= 0.3 is 0 Å². The van der Waals surface area contributed by atoms with Crippen LogP contribution >= 0.6 is 0 Å². The van der Waals surface area contributed by atoms with Crippen LogP contribution in [0.1, 0.15) is 35.7 Å². The highest BCUT2D eigenvalue weighted by Crippen LogP contribution is 2.28. The van der Waals surface area contributed by atoms with Crippen LogP contribution in [0.4, 0.5) is 5.69 Å². The normalized spacial score (nSPS) is 10.4. The Morgan fingerprint density at radius 1 is 1.05 bits per heavy atom. The molecule has 0 spiro atoms. The molecule has 0 bridgehead atoms. The summed E-state index contributed by atoms with van der Waals surface area (Å²) in [6, 6.07) is 12.9. The average molecular weight is 299 g/mol. The van der Waals surface area contributed by atoms with Gasteiger partial charge in [-0.3, -0.25) is 4.79 Å². The first kappa shape index (κ1) is 15.9. The van der Waals surface area contributed by atoms with E-state index in [1.807, 2.05) is 24.3 Å². The predicted octanol–water partition coefficient (Wildman–Crippen LogP) is 4.08. The van der Waals surface area contributed by atoms with Crippen LogP contribution in [-0.4, -0.2) is 20.1 Å². The summed E-state index contributed by atoms with van der Waals surface area (Å²) in [6.07, 6.45) is 0. The van der Waals surface area contributed by atoms with Crippen molar-refractivity contribution in [3.63, 3.8) is 0 Å². The lowest BCUT2D eigenvalue weighted by molar-refractivity contribution is 0.102. The Bertz CT molecular complexity index is 665. The van der Waals surface area contributed by atoms with Crippen LogP contribution in [0.2, 0.25) is 0 Å². The fourth-order valence-electron chi connectivity index (χ4n) is 2.29. The van der Waals surface area contributed by atoms with E-state index < -0.39 is 0 Å². The first-order valence-electron chi connectivity index (χ1n) is 7.19. The molecule has 0 saturated heterocycles. The molecule has 22 heavy (non-hydrogen) atoms. The van der Waals surface area contributed by atoms with E-state index in [0.29, 0.717) is 23.0 Å². The smallest absolute Gasteiger partial charge is 0.259 e. The summed E-state index contributed by atoms with van der Waals surface area (Å²) in [5.74, 6) is 1.26. The van der Waals surface area contributed by atoms with Gasteiger partial charge in [0.2, 0.25) is 0 Å². The SMILES string of the molecule is COc1ccc(C(=O)Nc2ccccc2C(C)C)c(OC)c1. The molecule has 1 N–H and O–H groups in total. The number of benzene rings is 2. The number of rotatable bonds is 5. The van der Waals surface area contributed by atoms with Crippen molar-refractivity contribution < 1.29 is 14.3 Å². The number of ether oxygens (including phenoxy) is 2. The van der Waals surface area contributed by atoms with Crippen molar-refractivity contribution in [2.24, 2.45) is 0 Å². The third-order valence-electron chi connectivity index (χ3n) is 3.48. The van der Waals surface area contributed by atoms with Gasteiger partial charge in [0, 0.05) is 11.8 Å². The lowest BCUT2D eigenvalue weighted by Gasteiger charge is -2.15. The summed E-state index contributed by atoms with van der Waals surface area (Å²) in [5.41, 5.74) is 2.39. The standard InChI is InChI=1S/C18H21NO3/c1-12(2)14-7-5-6-8-16(14)19-18(20)15-10-9-13(21-3)11-17(15)22-4/h5-12H,1-4H3,(H,19,20). The highest BCUT2D eigenvalue weighted by atomic mass is 16.5. The summed E-state index contributed by atoms with van der Waals surface area (Å²) in [4.78, 5) is 12.5. The van der Waals surface area contributed by atoms with Crippen LogP contribution in [0.25, 0.3) is 0 Å². The second-order valence-corrected chi connectivity index (χ2v) is 5.26. The van der Waals surface area contributed by atoms with Gasteiger partial charge in [0.1, 0.15) is 11.5 Å². The van der Waals surface area contributed by atoms with Crippen LogP contribution in [0.15, 0.2) is 42.5 Å². The molecule has 4 heteroatoms. The maximum absolute atomic E-state index is 12.5. The lowest BCUT2D eigenvalue weighted by Crippen LogP contribution is -2.14. The molecule has 0 atom stereocenters. The molecule has 0 radical (unpaired) electrons. The van der Waals surface area contributed by atoms with Gasteiger partial charge in [0.05, 0.1) is 19.8 Å². The quantitative estimate of drug-likeness (QED) is 0.905. The Kier molecular flexibility index (Phi) is 5.04. The van der Waals surface area contributed by atoms with Crippen LogP contribution < -0.4 is 14.8 Å². The average Bonchev–Trinajstić information content (AvgIpc) is 2.54. The minimum Gasteiger partial charge on any atom is -0.497 e. The van der Waals surface area contributed by atoms with Crippen LogP contribution in [0.5, 0.6) is 11.5 Å². The molecule has 0 heterocycles. The van der Waals surface area contributed by atoms with Gasteiger partial charge in [-0.15, -0.1) is 0 Å². The molecule has 2 aromatic carbocycles. The van der Waals surface area contributed by atoms with Gasteiger partial charge in [-0.1, -0.05) is 32.0 Å². The maximum atomic E-state index is 12.5. The first-order chi connectivity index (χ1) is 10.6. The molecule has 1 amide bonds. The number of amides is 1. The summed E-state index contributed by atoms with van der Waals surface area (Å²) < 4.78 is 10.4. The number of anilines is 1. The summed E-state index contributed by atoms with van der Waals surface area (Å²) in [6.45, 7) is 4.19. The summed E-state index contributed by atoms with van der Waals surface area (Å²) >= 11 is 0. The van der Waals surface area contributed by atoms with Gasteiger partial charge in [0.25, 0.3) is 5.91 Å². The van der Waals surface area contributed by atoms with Gasteiger partial charge in [0.15, 0.2) is 0 Å². The van der Waals surface area contributed by atoms with E-state index in [1.165, 1.54) is 7.11 Å².